The van der Waals surface area contributed by atoms with E-state index in [0.717, 1.165) is 49.3 Å². The number of nitrogens with one attached hydrogen (secondary N) is 1. The van der Waals surface area contributed by atoms with Gasteiger partial charge in [0.2, 0.25) is 16.1 Å². The summed E-state index contributed by atoms with van der Waals surface area (Å²) in [6.45, 7) is 9.63. The van der Waals surface area contributed by atoms with Crippen LogP contribution in [0.2, 0.25) is 0 Å². The summed E-state index contributed by atoms with van der Waals surface area (Å²) in [5, 5.41) is 45.2. The fourth-order valence-electron chi connectivity index (χ4n) is 2.48. The zero-order valence-corrected chi connectivity index (χ0v) is 21.1. The first-order valence-electron chi connectivity index (χ1n) is 10.8. The zero-order chi connectivity index (χ0) is 26.4. The molecule has 1 fully saturated rings. The predicted molar refractivity (Wildman–Crippen MR) is 137 cm³/mol. The molecular weight excluding hydrogens is 482 g/mol. The van der Waals surface area contributed by atoms with Gasteiger partial charge >= 0.3 is 0 Å². The molecule has 0 aromatic carbocycles. The van der Waals surface area contributed by atoms with Gasteiger partial charge in [0.05, 0.1) is 25.4 Å². The zero-order valence-electron chi connectivity index (χ0n) is 19.5. The largest absolute Gasteiger partial charge is 0.396 e. The number of rotatable bonds is 12. The molecule has 0 aromatic heterocycles. The van der Waals surface area contributed by atoms with Gasteiger partial charge in [-0.05, 0) is 55.7 Å². The van der Waals surface area contributed by atoms with Crippen LogP contribution < -0.4 is 5.32 Å². The Morgan fingerprint density at radius 1 is 0.824 bits per heavy atom. The lowest BCUT2D eigenvalue weighted by Gasteiger charge is -2.26. The number of hydrogen-bond acceptors (Lipinski definition) is 10. The van der Waals surface area contributed by atoms with Gasteiger partial charge in [-0.25, -0.2) is 0 Å². The summed E-state index contributed by atoms with van der Waals surface area (Å²) in [5.74, 6) is 1.95. The molecule has 11 heteroatoms. The van der Waals surface area contributed by atoms with Crippen LogP contribution in [0.4, 0.5) is 0 Å². The van der Waals surface area contributed by atoms with Crippen LogP contribution in [-0.4, -0.2) is 91.7 Å². The van der Waals surface area contributed by atoms with Gasteiger partial charge in [-0.2, -0.15) is 0 Å². The molecule has 6 N–H and O–H groups in total. The third kappa shape index (κ3) is 21.1. The summed E-state index contributed by atoms with van der Waals surface area (Å²) >= 11 is 2.31. The van der Waals surface area contributed by atoms with Crippen LogP contribution in [0.5, 0.6) is 0 Å². The Hall–Kier alpha value is -1.47. The molecule has 34 heavy (non-hydrogen) atoms. The molecule has 0 aliphatic heterocycles. The van der Waals surface area contributed by atoms with Crippen molar-refractivity contribution in [3.05, 3.63) is 38.0 Å². The lowest BCUT2D eigenvalue weighted by atomic mass is 9.83. The summed E-state index contributed by atoms with van der Waals surface area (Å²) in [6, 6.07) is 0. The molecule has 1 aliphatic carbocycles. The molecular formula is C23H39NO8S2. The quantitative estimate of drug-likeness (QED) is 0.201. The highest BCUT2D eigenvalue weighted by molar-refractivity contribution is 8.14. The number of hydrogen-bond donors (Lipinski definition) is 6. The third-order valence-electron chi connectivity index (χ3n) is 4.56. The van der Waals surface area contributed by atoms with Gasteiger partial charge in [0, 0.05) is 24.7 Å². The van der Waals surface area contributed by atoms with E-state index in [9.17, 15) is 14.4 Å². The van der Waals surface area contributed by atoms with Crippen LogP contribution in [0.1, 0.15) is 25.7 Å². The normalized spacial score (nSPS) is 18.5. The molecule has 196 valence electrons. The van der Waals surface area contributed by atoms with Crippen molar-refractivity contribution in [3.8, 4) is 0 Å². The molecule has 0 aromatic rings. The molecule has 1 aliphatic rings. The number of aliphatic hydroxyl groups is 5. The first-order chi connectivity index (χ1) is 16.2. The molecule has 0 saturated heterocycles. The summed E-state index contributed by atoms with van der Waals surface area (Å²) < 4.78 is 0. The highest BCUT2D eigenvalue weighted by Crippen LogP contribution is 2.30. The molecule has 1 saturated carbocycles. The van der Waals surface area contributed by atoms with Gasteiger partial charge in [0.1, 0.15) is 0 Å². The molecule has 0 heterocycles. The first kappa shape index (κ1) is 34.7. The maximum atomic E-state index is 11.0. The van der Waals surface area contributed by atoms with E-state index in [1.165, 1.54) is 23.9 Å². The second kappa shape index (κ2) is 23.3. The van der Waals surface area contributed by atoms with Gasteiger partial charge in [-0.3, -0.25) is 14.4 Å². The minimum Gasteiger partial charge on any atom is -0.396 e. The van der Waals surface area contributed by atoms with E-state index in [-0.39, 0.29) is 41.6 Å². The van der Waals surface area contributed by atoms with Crippen molar-refractivity contribution in [2.24, 2.45) is 11.8 Å². The number of carbonyl (C=O) groups excluding carboxylic acids is 3. The summed E-state index contributed by atoms with van der Waals surface area (Å²) in [6.07, 6.45) is 6.50. The van der Waals surface area contributed by atoms with E-state index in [0.29, 0.717) is 18.4 Å². The summed E-state index contributed by atoms with van der Waals surface area (Å²) in [5.41, 5.74) is 0. The monoisotopic (exact) mass is 521 g/mol. The highest BCUT2D eigenvalue weighted by Gasteiger charge is 2.20. The Morgan fingerprint density at radius 3 is 1.76 bits per heavy atom. The van der Waals surface area contributed by atoms with Crippen LogP contribution in [0.3, 0.4) is 0 Å². The van der Waals surface area contributed by atoms with Crippen molar-refractivity contribution in [1.29, 1.82) is 0 Å². The van der Waals surface area contributed by atoms with Crippen molar-refractivity contribution >= 4 is 39.7 Å². The third-order valence-corrected chi connectivity index (χ3v) is 6.65. The topological polar surface area (TPSA) is 164 Å². The van der Waals surface area contributed by atoms with Crippen molar-refractivity contribution in [2.45, 2.75) is 37.9 Å². The van der Waals surface area contributed by atoms with Gasteiger partial charge in [-0.15, -0.1) is 0 Å². The van der Waals surface area contributed by atoms with Crippen LogP contribution in [0.15, 0.2) is 38.0 Å². The molecule has 2 atom stereocenters. The molecule has 2 unspecified atom stereocenters. The Labute approximate surface area is 210 Å². The van der Waals surface area contributed by atoms with Gasteiger partial charge in [0.25, 0.3) is 0 Å². The average molecular weight is 522 g/mol. The van der Waals surface area contributed by atoms with Gasteiger partial charge in [-0.1, -0.05) is 43.3 Å². The number of carbonyl (C=O) groups is 3. The number of thioether (sulfide) groups is 2. The van der Waals surface area contributed by atoms with Gasteiger partial charge < -0.3 is 30.8 Å². The van der Waals surface area contributed by atoms with E-state index in [2.05, 4.69) is 25.1 Å². The van der Waals surface area contributed by atoms with Crippen LogP contribution in [0.25, 0.3) is 0 Å². The maximum absolute atomic E-state index is 11.0. The van der Waals surface area contributed by atoms with E-state index >= 15 is 0 Å². The van der Waals surface area contributed by atoms with Crippen molar-refractivity contribution in [1.82, 2.24) is 5.32 Å². The van der Waals surface area contributed by atoms with E-state index < -0.39 is 12.2 Å². The Balaban J connectivity index is 0. The summed E-state index contributed by atoms with van der Waals surface area (Å²) in [7, 11) is 0. The highest BCUT2D eigenvalue weighted by atomic mass is 32.2. The molecule has 1 rings (SSSR count). The first-order valence-corrected chi connectivity index (χ1v) is 12.8. The number of amides is 1. The standard InChI is InChI=1S/C11H18O2S.C6H11NO3.C6H10O3S/c1-2-11(13)14-8-10-5-3-9(7-12)4-6-10;1-2-6(10)7-3-5(9)4-8;1-2-6(9)10-4-5(8)3-7/h2,9-10,12H,1,3-8H2;2,5,8-9H,1,3-4H2,(H,7,10);2,5,7-8H,1,3-4H2. The van der Waals surface area contributed by atoms with E-state index in [1.807, 2.05) is 0 Å². The second-order valence-electron chi connectivity index (χ2n) is 7.36. The second-order valence-corrected chi connectivity index (χ2v) is 9.41. The Kier molecular flexibility index (Phi) is 23.8. The predicted octanol–water partition coefficient (Wildman–Crippen LogP) is 0.658. The van der Waals surface area contributed by atoms with E-state index in [4.69, 9.17) is 25.5 Å². The lowest BCUT2D eigenvalue weighted by Crippen LogP contribution is -2.32. The van der Waals surface area contributed by atoms with Crippen molar-refractivity contribution in [3.63, 3.8) is 0 Å². The molecule has 1 amide bonds. The fourth-order valence-corrected chi connectivity index (χ4v) is 3.92. The number of aliphatic hydroxyl groups excluding tert-OH is 5. The minimum absolute atomic E-state index is 0.0569. The molecule has 9 nitrogen and oxygen atoms in total. The van der Waals surface area contributed by atoms with Crippen molar-refractivity contribution in [2.75, 3.05) is 37.9 Å². The van der Waals surface area contributed by atoms with Crippen LogP contribution >= 0.6 is 23.5 Å². The van der Waals surface area contributed by atoms with Crippen molar-refractivity contribution < 1.29 is 39.9 Å². The fraction of sp³-hybridized carbons (Fsp3) is 0.609. The molecule has 0 radical (unpaired) electrons. The summed E-state index contributed by atoms with van der Waals surface area (Å²) in [4.78, 5) is 31.9. The molecule has 0 spiro atoms. The maximum Gasteiger partial charge on any atom is 0.243 e. The minimum atomic E-state index is -0.885. The Bertz CT molecular complexity index is 580. The van der Waals surface area contributed by atoms with Crippen LogP contribution in [0, 0.1) is 11.8 Å². The SMILES string of the molecule is C=CC(=O)NCC(O)CO.C=CC(=O)SCC(O)CO.C=CC(=O)SCC1CCC(CO)CC1. The molecule has 0 bridgehead atoms. The smallest absolute Gasteiger partial charge is 0.243 e. The van der Waals surface area contributed by atoms with Crippen LogP contribution in [-0.2, 0) is 14.4 Å². The average Bonchev–Trinajstić information content (AvgIpc) is 2.89. The van der Waals surface area contributed by atoms with E-state index in [1.54, 1.807) is 0 Å². The van der Waals surface area contributed by atoms with Gasteiger partial charge in [0.15, 0.2) is 0 Å². The lowest BCUT2D eigenvalue weighted by molar-refractivity contribution is -0.117. The Morgan fingerprint density at radius 2 is 1.32 bits per heavy atom.